The number of phenolic OH excluding ortho intramolecular Hbond substituents is 1. The van der Waals surface area contributed by atoms with Gasteiger partial charge in [0.05, 0.1) is 6.42 Å². The molecule has 0 fully saturated rings. The zero-order chi connectivity index (χ0) is 9.14. The second-order valence-electron chi connectivity index (χ2n) is 2.48. The fraction of sp³-hybridized carbons (Fsp3) is 0.125. The van der Waals surface area contributed by atoms with Gasteiger partial charge < -0.3 is 10.8 Å². The first-order chi connectivity index (χ1) is 5.59. The van der Waals surface area contributed by atoms with Crippen LogP contribution in [0, 0.1) is 0 Å². The van der Waals surface area contributed by atoms with Crippen molar-refractivity contribution in [1.29, 1.82) is 0 Å². The predicted octanol–water partition coefficient (Wildman–Crippen LogP) is 0.326. The number of hydrogen-bond acceptors (Lipinski definition) is 3. The molecule has 0 unspecified atom stereocenters. The molecule has 0 aliphatic carbocycles. The van der Waals surface area contributed by atoms with E-state index in [2.05, 4.69) is 0 Å². The molecule has 63 valence electrons. The van der Waals surface area contributed by atoms with Crippen LogP contribution >= 0.6 is 0 Å². The first kappa shape index (κ1) is 8.39. The third kappa shape index (κ3) is 1.88. The number of aromatic hydroxyl groups is 1. The lowest BCUT2D eigenvalue weighted by atomic mass is 10.1. The molecule has 1 aromatic rings. The van der Waals surface area contributed by atoms with Crippen LogP contribution in [0.3, 0.4) is 0 Å². The van der Waals surface area contributed by atoms with Crippen LogP contribution in [0.2, 0.25) is 0 Å². The van der Waals surface area contributed by atoms with Gasteiger partial charge in [-0.1, -0.05) is 6.07 Å². The highest BCUT2D eigenvalue weighted by atomic mass is 16.3. The minimum atomic E-state index is -0.688. The van der Waals surface area contributed by atoms with Gasteiger partial charge in [-0.25, -0.2) is 0 Å². The second kappa shape index (κ2) is 3.13. The molecular weight excluding hydrogens is 156 g/mol. The number of nitrogens with two attached hydrogens (primary N) is 1. The molecule has 4 heteroatoms. The van der Waals surface area contributed by atoms with Gasteiger partial charge in [-0.05, 0) is 11.6 Å². The number of amides is 1. The molecule has 1 radical (unpaired) electrons. The number of phenols is 1. The number of benzene rings is 1. The normalized spacial score (nSPS) is 9.67. The maximum absolute atomic E-state index is 10.4. The van der Waals surface area contributed by atoms with Crippen molar-refractivity contribution in [1.82, 2.24) is 5.73 Å². The number of carbonyl (C=O) groups excluding carboxylic acids is 1. The van der Waals surface area contributed by atoms with Crippen LogP contribution in [0.4, 0.5) is 5.69 Å². The molecule has 4 nitrogen and oxygen atoms in total. The Morgan fingerprint density at radius 1 is 1.58 bits per heavy atom. The highest BCUT2D eigenvalue weighted by molar-refractivity contribution is 5.77. The van der Waals surface area contributed by atoms with Crippen LogP contribution in [-0.4, -0.2) is 11.0 Å². The smallest absolute Gasteiger partial charge is 0.242 e. The summed E-state index contributed by atoms with van der Waals surface area (Å²) < 4.78 is 0. The Balaban J connectivity index is 2.93. The third-order valence-electron chi connectivity index (χ3n) is 1.48. The molecule has 0 aliphatic heterocycles. The second-order valence-corrected chi connectivity index (χ2v) is 2.48. The maximum Gasteiger partial charge on any atom is 0.242 e. The summed E-state index contributed by atoms with van der Waals surface area (Å²) in [4.78, 5) is 10.4. The summed E-state index contributed by atoms with van der Waals surface area (Å²) in [6.07, 6.45) is -0.00782. The van der Waals surface area contributed by atoms with E-state index in [1.165, 1.54) is 18.2 Å². The predicted molar refractivity (Wildman–Crippen MR) is 44.3 cm³/mol. The van der Waals surface area contributed by atoms with Crippen molar-refractivity contribution in [2.75, 3.05) is 5.73 Å². The lowest BCUT2D eigenvalue weighted by Crippen LogP contribution is -2.04. The van der Waals surface area contributed by atoms with Crippen LogP contribution < -0.4 is 11.5 Å². The average molecular weight is 165 g/mol. The number of carbonyl (C=O) groups is 1. The maximum atomic E-state index is 10.4. The zero-order valence-electron chi connectivity index (χ0n) is 6.37. The van der Waals surface area contributed by atoms with Gasteiger partial charge in [0, 0.05) is 11.8 Å². The SMILES string of the molecule is [NH]C(=O)Cc1ccc(O)cc1N. The molecule has 1 aromatic carbocycles. The zero-order valence-corrected chi connectivity index (χ0v) is 6.37. The van der Waals surface area contributed by atoms with Crippen molar-refractivity contribution >= 4 is 11.6 Å². The summed E-state index contributed by atoms with van der Waals surface area (Å²) in [6, 6.07) is 4.34. The summed E-state index contributed by atoms with van der Waals surface area (Å²) in [5.74, 6) is -0.624. The number of nitrogen functional groups attached to an aromatic ring is 1. The van der Waals surface area contributed by atoms with Crippen molar-refractivity contribution in [3.8, 4) is 5.75 Å². The average Bonchev–Trinajstić information content (AvgIpc) is 1.94. The van der Waals surface area contributed by atoms with Crippen molar-refractivity contribution < 1.29 is 9.90 Å². The highest BCUT2D eigenvalue weighted by Crippen LogP contribution is 2.18. The van der Waals surface area contributed by atoms with E-state index in [0.29, 0.717) is 11.3 Å². The fourth-order valence-electron chi connectivity index (χ4n) is 0.916. The fourth-order valence-corrected chi connectivity index (χ4v) is 0.916. The Morgan fingerprint density at radius 2 is 2.25 bits per heavy atom. The van der Waals surface area contributed by atoms with Gasteiger partial charge >= 0.3 is 0 Å². The molecule has 0 atom stereocenters. The lowest BCUT2D eigenvalue weighted by molar-refractivity contribution is -0.118. The molecular formula is C8H9N2O2. The van der Waals surface area contributed by atoms with Crippen LogP contribution in [0.15, 0.2) is 18.2 Å². The van der Waals surface area contributed by atoms with Crippen LogP contribution in [0.25, 0.3) is 0 Å². The number of rotatable bonds is 2. The molecule has 0 spiro atoms. The first-order valence-electron chi connectivity index (χ1n) is 3.41. The van der Waals surface area contributed by atoms with E-state index in [1.807, 2.05) is 0 Å². The van der Waals surface area contributed by atoms with E-state index in [0.717, 1.165) is 0 Å². The summed E-state index contributed by atoms with van der Waals surface area (Å²) in [7, 11) is 0. The molecule has 0 aliphatic rings. The van der Waals surface area contributed by atoms with Gasteiger partial charge in [-0.3, -0.25) is 10.5 Å². The summed E-state index contributed by atoms with van der Waals surface area (Å²) in [5, 5.41) is 8.96. The monoisotopic (exact) mass is 165 g/mol. The van der Waals surface area contributed by atoms with Crippen LogP contribution in [0.1, 0.15) is 5.56 Å². The largest absolute Gasteiger partial charge is 0.508 e. The van der Waals surface area contributed by atoms with E-state index in [1.54, 1.807) is 0 Å². The van der Waals surface area contributed by atoms with E-state index in [9.17, 15) is 4.79 Å². The minimum absolute atomic E-state index is 0.00782. The Labute approximate surface area is 69.8 Å². The Morgan fingerprint density at radius 3 is 2.75 bits per heavy atom. The van der Waals surface area contributed by atoms with E-state index in [-0.39, 0.29) is 12.2 Å². The van der Waals surface area contributed by atoms with Gasteiger partial charge in [0.15, 0.2) is 0 Å². The van der Waals surface area contributed by atoms with Crippen molar-refractivity contribution in [3.63, 3.8) is 0 Å². The van der Waals surface area contributed by atoms with Crippen LogP contribution in [-0.2, 0) is 11.2 Å². The Hall–Kier alpha value is -1.71. The van der Waals surface area contributed by atoms with Crippen molar-refractivity contribution in [2.24, 2.45) is 0 Å². The molecule has 4 N–H and O–H groups in total. The summed E-state index contributed by atoms with van der Waals surface area (Å²) in [6.45, 7) is 0. The van der Waals surface area contributed by atoms with E-state index in [4.69, 9.17) is 16.6 Å². The molecule has 1 rings (SSSR count). The van der Waals surface area contributed by atoms with Gasteiger partial charge in [0.25, 0.3) is 0 Å². The van der Waals surface area contributed by atoms with E-state index >= 15 is 0 Å². The minimum Gasteiger partial charge on any atom is -0.508 e. The van der Waals surface area contributed by atoms with Crippen molar-refractivity contribution in [2.45, 2.75) is 6.42 Å². The van der Waals surface area contributed by atoms with Crippen molar-refractivity contribution in [3.05, 3.63) is 23.8 Å². The first-order valence-corrected chi connectivity index (χ1v) is 3.41. The molecule has 0 heterocycles. The topological polar surface area (TPSA) is 87.1 Å². The van der Waals surface area contributed by atoms with Gasteiger partial charge in [0.2, 0.25) is 5.91 Å². The number of nitrogens with one attached hydrogen (secondary N) is 1. The molecule has 0 saturated heterocycles. The molecule has 12 heavy (non-hydrogen) atoms. The summed E-state index contributed by atoms with van der Waals surface area (Å²) >= 11 is 0. The van der Waals surface area contributed by atoms with Crippen LogP contribution in [0.5, 0.6) is 5.75 Å². The quantitative estimate of drug-likeness (QED) is 0.619. The Bertz CT molecular complexity index is 310. The third-order valence-corrected chi connectivity index (χ3v) is 1.48. The standard InChI is InChI=1S/C8H9N2O2/c9-7-4-6(11)2-1-5(7)3-8(10)12/h1-2,4,10-11H,3,9H2. The van der Waals surface area contributed by atoms with Gasteiger partial charge in [-0.2, -0.15) is 0 Å². The highest BCUT2D eigenvalue weighted by Gasteiger charge is 2.03. The Kier molecular flexibility index (Phi) is 2.19. The molecule has 1 amide bonds. The molecule has 0 bridgehead atoms. The van der Waals surface area contributed by atoms with E-state index < -0.39 is 5.91 Å². The number of anilines is 1. The van der Waals surface area contributed by atoms with Gasteiger partial charge in [-0.15, -0.1) is 0 Å². The lowest BCUT2D eigenvalue weighted by Gasteiger charge is -2.02. The molecule has 0 aromatic heterocycles. The summed E-state index contributed by atoms with van der Waals surface area (Å²) in [5.41, 5.74) is 13.1. The van der Waals surface area contributed by atoms with Gasteiger partial charge in [0.1, 0.15) is 5.75 Å². The number of hydrogen-bond donors (Lipinski definition) is 2. The molecule has 0 saturated carbocycles.